The Bertz CT molecular complexity index is 886. The van der Waals surface area contributed by atoms with Crippen molar-refractivity contribution in [2.75, 3.05) is 0 Å². The van der Waals surface area contributed by atoms with Crippen LogP contribution in [-0.4, -0.2) is 17.4 Å². The molecule has 0 bridgehead atoms. The zero-order valence-corrected chi connectivity index (χ0v) is 12.2. The molecule has 2 heterocycles. The van der Waals surface area contributed by atoms with Crippen molar-refractivity contribution in [3.8, 4) is 0 Å². The molecule has 4 nitrogen and oxygen atoms in total. The van der Waals surface area contributed by atoms with Gasteiger partial charge in [0.2, 0.25) is 0 Å². The molecule has 1 aromatic carbocycles. The third kappa shape index (κ3) is 1.99. The molecule has 0 fully saturated rings. The average Bonchev–Trinajstić information content (AvgIpc) is 2.77. The molecule has 0 aliphatic carbocycles. The van der Waals surface area contributed by atoms with Gasteiger partial charge in [-0.15, -0.1) is 0 Å². The van der Waals surface area contributed by atoms with E-state index in [1.165, 1.54) is 10.2 Å². The van der Waals surface area contributed by atoms with Gasteiger partial charge in [-0.05, 0) is 30.7 Å². The minimum absolute atomic E-state index is 0.230. The molecule has 0 unspecified atom stereocenters. The highest BCUT2D eigenvalue weighted by atomic mass is 35.5. The van der Waals surface area contributed by atoms with E-state index in [0.717, 1.165) is 10.9 Å². The van der Waals surface area contributed by atoms with Crippen LogP contribution in [-0.2, 0) is 10.0 Å². The van der Waals surface area contributed by atoms with Crippen LogP contribution in [0.2, 0.25) is 5.02 Å². The van der Waals surface area contributed by atoms with E-state index >= 15 is 0 Å². The molecule has 3 rings (SSSR count). The summed E-state index contributed by atoms with van der Waals surface area (Å²) in [7, 11) is -3.65. The second-order valence-electron chi connectivity index (χ2n) is 4.45. The molecule has 3 aromatic rings. The van der Waals surface area contributed by atoms with Gasteiger partial charge >= 0.3 is 0 Å². The number of nitrogens with zero attached hydrogens (tertiary/aromatic N) is 2. The summed E-state index contributed by atoms with van der Waals surface area (Å²) in [6.07, 6.45) is 3.01. The van der Waals surface area contributed by atoms with E-state index in [0.29, 0.717) is 10.7 Å². The number of aryl methyl sites for hydroxylation is 1. The van der Waals surface area contributed by atoms with Gasteiger partial charge in [0.05, 0.1) is 9.92 Å². The van der Waals surface area contributed by atoms with Gasteiger partial charge in [-0.3, -0.25) is 0 Å². The summed E-state index contributed by atoms with van der Waals surface area (Å²) in [6, 6.07) is 10.00. The van der Waals surface area contributed by atoms with Crippen LogP contribution in [0.1, 0.15) is 5.56 Å². The monoisotopic (exact) mass is 306 g/mol. The lowest BCUT2D eigenvalue weighted by molar-refractivity contribution is 0.588. The fourth-order valence-corrected chi connectivity index (χ4v) is 3.65. The third-order valence-electron chi connectivity index (χ3n) is 3.08. The smallest absolute Gasteiger partial charge is 0.236 e. The van der Waals surface area contributed by atoms with Crippen molar-refractivity contribution in [2.24, 2.45) is 0 Å². The Morgan fingerprint density at radius 2 is 1.90 bits per heavy atom. The number of halogens is 1. The van der Waals surface area contributed by atoms with E-state index in [1.807, 2.05) is 6.92 Å². The molecule has 0 atom stereocenters. The van der Waals surface area contributed by atoms with Gasteiger partial charge in [0.25, 0.3) is 10.0 Å². The maximum absolute atomic E-state index is 12.6. The summed E-state index contributed by atoms with van der Waals surface area (Å²) in [5.41, 5.74) is 1.20. The second kappa shape index (κ2) is 4.61. The van der Waals surface area contributed by atoms with Crippen LogP contribution in [0.15, 0.2) is 53.7 Å². The minimum atomic E-state index is -3.65. The molecule has 0 saturated heterocycles. The predicted octanol–water partition coefficient (Wildman–Crippen LogP) is 3.24. The topological polar surface area (TPSA) is 52.0 Å². The summed E-state index contributed by atoms with van der Waals surface area (Å²) < 4.78 is 26.5. The Kier molecular flexibility index (Phi) is 3.03. The van der Waals surface area contributed by atoms with E-state index < -0.39 is 10.0 Å². The van der Waals surface area contributed by atoms with E-state index in [4.69, 9.17) is 11.6 Å². The zero-order chi connectivity index (χ0) is 14.3. The number of pyridine rings is 1. The lowest BCUT2D eigenvalue weighted by Gasteiger charge is -2.06. The molecule has 0 radical (unpaired) electrons. The van der Waals surface area contributed by atoms with Gasteiger partial charge < -0.3 is 0 Å². The van der Waals surface area contributed by atoms with Crippen molar-refractivity contribution in [1.29, 1.82) is 0 Å². The molecule has 0 amide bonds. The maximum atomic E-state index is 12.6. The van der Waals surface area contributed by atoms with Crippen molar-refractivity contribution in [1.82, 2.24) is 8.96 Å². The first kappa shape index (κ1) is 13.1. The van der Waals surface area contributed by atoms with Crippen molar-refractivity contribution >= 4 is 32.7 Å². The Morgan fingerprint density at radius 3 is 2.60 bits per heavy atom. The van der Waals surface area contributed by atoms with Crippen LogP contribution >= 0.6 is 11.6 Å². The standard InChI is InChI=1S/C14H11ClN2O2S/c1-10-9-17(14-13(10)7-11(15)8-16-14)20(18,19)12-5-3-2-4-6-12/h2-9H,1H3. The third-order valence-corrected chi connectivity index (χ3v) is 4.95. The Balaban J connectivity index is 2.31. The molecular formula is C14H11ClN2O2S. The van der Waals surface area contributed by atoms with Gasteiger partial charge in [-0.2, -0.15) is 0 Å². The van der Waals surface area contributed by atoms with Crippen LogP contribution in [0.5, 0.6) is 0 Å². The zero-order valence-electron chi connectivity index (χ0n) is 10.6. The van der Waals surface area contributed by atoms with Gasteiger partial charge in [-0.1, -0.05) is 29.8 Å². The number of hydrogen-bond acceptors (Lipinski definition) is 3. The molecular weight excluding hydrogens is 296 g/mol. The van der Waals surface area contributed by atoms with Crippen molar-refractivity contribution in [3.63, 3.8) is 0 Å². The van der Waals surface area contributed by atoms with Gasteiger partial charge in [0, 0.05) is 17.8 Å². The Morgan fingerprint density at radius 1 is 1.20 bits per heavy atom. The van der Waals surface area contributed by atoms with E-state index in [1.54, 1.807) is 42.6 Å². The SMILES string of the molecule is Cc1cn(S(=O)(=O)c2ccccc2)c2ncc(Cl)cc12. The van der Waals surface area contributed by atoms with Gasteiger partial charge in [0.15, 0.2) is 5.65 Å². The van der Waals surface area contributed by atoms with Crippen LogP contribution < -0.4 is 0 Å². The molecule has 0 aliphatic heterocycles. The average molecular weight is 307 g/mol. The molecule has 6 heteroatoms. The quantitative estimate of drug-likeness (QED) is 0.730. The van der Waals surface area contributed by atoms with Crippen LogP contribution in [0.25, 0.3) is 11.0 Å². The van der Waals surface area contributed by atoms with Gasteiger partial charge in [-0.25, -0.2) is 17.4 Å². The highest BCUT2D eigenvalue weighted by Crippen LogP contribution is 2.25. The summed E-state index contributed by atoms with van der Waals surface area (Å²) in [6.45, 7) is 1.83. The largest absolute Gasteiger partial charge is 0.269 e. The highest BCUT2D eigenvalue weighted by Gasteiger charge is 2.20. The van der Waals surface area contributed by atoms with E-state index in [-0.39, 0.29) is 4.90 Å². The van der Waals surface area contributed by atoms with Crippen molar-refractivity contribution in [2.45, 2.75) is 11.8 Å². The normalized spacial score (nSPS) is 11.9. The molecule has 20 heavy (non-hydrogen) atoms. The summed E-state index contributed by atoms with van der Waals surface area (Å²) in [4.78, 5) is 4.38. The fraction of sp³-hybridized carbons (Fsp3) is 0.0714. The van der Waals surface area contributed by atoms with E-state index in [9.17, 15) is 8.42 Å². The number of aromatic nitrogens is 2. The van der Waals surface area contributed by atoms with Crippen molar-refractivity contribution < 1.29 is 8.42 Å². The summed E-state index contributed by atoms with van der Waals surface area (Å²) in [5.74, 6) is 0. The fourth-order valence-electron chi connectivity index (χ4n) is 2.09. The molecule has 0 N–H and O–H groups in total. The number of fused-ring (bicyclic) bond motifs is 1. The first-order valence-corrected chi connectivity index (χ1v) is 7.76. The molecule has 102 valence electrons. The summed E-state index contributed by atoms with van der Waals surface area (Å²) in [5, 5.41) is 1.22. The lowest BCUT2D eigenvalue weighted by atomic mass is 10.2. The molecule has 0 aliphatic rings. The Hall–Kier alpha value is -1.85. The highest BCUT2D eigenvalue weighted by molar-refractivity contribution is 7.90. The van der Waals surface area contributed by atoms with Crippen LogP contribution in [0.3, 0.4) is 0 Å². The number of benzene rings is 1. The Labute approximate surface area is 121 Å². The number of rotatable bonds is 2. The van der Waals surface area contributed by atoms with Gasteiger partial charge in [0.1, 0.15) is 0 Å². The van der Waals surface area contributed by atoms with Crippen molar-refractivity contribution in [3.05, 3.63) is 59.4 Å². The first-order valence-electron chi connectivity index (χ1n) is 5.94. The summed E-state index contributed by atoms with van der Waals surface area (Å²) >= 11 is 5.91. The molecule has 0 spiro atoms. The first-order chi connectivity index (χ1) is 9.50. The minimum Gasteiger partial charge on any atom is -0.236 e. The molecule has 0 saturated carbocycles. The molecule has 2 aromatic heterocycles. The maximum Gasteiger partial charge on any atom is 0.269 e. The number of hydrogen-bond donors (Lipinski definition) is 0. The van der Waals surface area contributed by atoms with Crippen LogP contribution in [0, 0.1) is 6.92 Å². The predicted molar refractivity (Wildman–Crippen MR) is 78.5 cm³/mol. The van der Waals surface area contributed by atoms with Crippen LogP contribution in [0.4, 0.5) is 0 Å². The second-order valence-corrected chi connectivity index (χ2v) is 6.70. The lowest BCUT2D eigenvalue weighted by Crippen LogP contribution is -2.12. The van der Waals surface area contributed by atoms with E-state index in [2.05, 4.69) is 4.98 Å².